The van der Waals surface area contributed by atoms with Crippen molar-refractivity contribution in [2.45, 2.75) is 38.5 Å². The predicted octanol–water partition coefficient (Wildman–Crippen LogP) is 3.35. The lowest BCUT2D eigenvalue weighted by molar-refractivity contribution is 0.461. The van der Waals surface area contributed by atoms with Crippen LogP contribution in [0.3, 0.4) is 0 Å². The topological polar surface area (TPSA) is 12.0 Å². The summed E-state index contributed by atoms with van der Waals surface area (Å²) in [6, 6.07) is 10.8. The summed E-state index contributed by atoms with van der Waals surface area (Å²) in [6.07, 6.45) is 4.29. The highest BCUT2D eigenvalue weighted by Crippen LogP contribution is 2.31. The van der Waals surface area contributed by atoms with Crippen LogP contribution in [0.5, 0.6) is 0 Å². The van der Waals surface area contributed by atoms with Gasteiger partial charge in [0.25, 0.3) is 0 Å². The van der Waals surface area contributed by atoms with E-state index in [0.29, 0.717) is 0 Å². The van der Waals surface area contributed by atoms with E-state index in [9.17, 15) is 0 Å². The van der Waals surface area contributed by atoms with E-state index in [2.05, 4.69) is 49.5 Å². The van der Waals surface area contributed by atoms with Gasteiger partial charge < -0.3 is 5.32 Å². The highest BCUT2D eigenvalue weighted by Gasteiger charge is 2.22. The molecule has 0 amide bonds. The summed E-state index contributed by atoms with van der Waals surface area (Å²) in [7, 11) is 0. The maximum Gasteiger partial charge on any atom is 0.00431 e. The molecule has 0 unspecified atom stereocenters. The van der Waals surface area contributed by atoms with Gasteiger partial charge in [-0.1, -0.05) is 57.0 Å². The first-order chi connectivity index (χ1) is 7.68. The molecule has 0 aromatic heterocycles. The van der Waals surface area contributed by atoms with Crippen molar-refractivity contribution < 1.29 is 0 Å². The van der Waals surface area contributed by atoms with Gasteiger partial charge in [0.15, 0.2) is 0 Å². The van der Waals surface area contributed by atoms with Crippen LogP contribution in [0.15, 0.2) is 30.3 Å². The zero-order valence-electron chi connectivity index (χ0n) is 10.5. The van der Waals surface area contributed by atoms with Crippen LogP contribution in [-0.4, -0.2) is 13.1 Å². The van der Waals surface area contributed by atoms with Crippen LogP contribution in [0.1, 0.15) is 38.7 Å². The minimum atomic E-state index is 0.241. The summed E-state index contributed by atoms with van der Waals surface area (Å²) in [4.78, 5) is 0. The van der Waals surface area contributed by atoms with Crippen LogP contribution < -0.4 is 5.32 Å². The van der Waals surface area contributed by atoms with Crippen LogP contribution in [0.4, 0.5) is 0 Å². The zero-order chi connectivity index (χ0) is 11.4. The average molecular weight is 217 g/mol. The van der Waals surface area contributed by atoms with Gasteiger partial charge in [-0.15, -0.1) is 0 Å². The quantitative estimate of drug-likeness (QED) is 0.721. The van der Waals surface area contributed by atoms with Crippen molar-refractivity contribution in [3.8, 4) is 0 Å². The van der Waals surface area contributed by atoms with Crippen LogP contribution in [0.25, 0.3) is 0 Å². The molecule has 1 aliphatic carbocycles. The Morgan fingerprint density at radius 3 is 2.50 bits per heavy atom. The summed E-state index contributed by atoms with van der Waals surface area (Å²) in [6.45, 7) is 6.88. The Hall–Kier alpha value is -0.820. The van der Waals surface area contributed by atoms with Gasteiger partial charge in [0, 0.05) is 12.0 Å². The summed E-state index contributed by atoms with van der Waals surface area (Å²) in [5.74, 6) is 1.03. The van der Waals surface area contributed by atoms with Gasteiger partial charge in [-0.25, -0.2) is 0 Å². The van der Waals surface area contributed by atoms with Crippen molar-refractivity contribution >= 4 is 0 Å². The number of hydrogen-bond donors (Lipinski definition) is 1. The van der Waals surface area contributed by atoms with Gasteiger partial charge in [0.2, 0.25) is 0 Å². The van der Waals surface area contributed by atoms with Crippen molar-refractivity contribution in [2.75, 3.05) is 13.1 Å². The van der Waals surface area contributed by atoms with Crippen LogP contribution in [-0.2, 0) is 5.41 Å². The summed E-state index contributed by atoms with van der Waals surface area (Å²) in [5.41, 5.74) is 1.67. The van der Waals surface area contributed by atoms with E-state index in [1.807, 2.05) is 0 Å². The third-order valence-electron chi connectivity index (χ3n) is 3.55. The van der Waals surface area contributed by atoms with E-state index in [1.54, 1.807) is 0 Å². The Morgan fingerprint density at radius 2 is 1.88 bits per heavy atom. The highest BCUT2D eigenvalue weighted by molar-refractivity contribution is 5.23. The molecule has 1 heteroatoms. The fourth-order valence-electron chi connectivity index (χ4n) is 2.11. The fourth-order valence-corrected chi connectivity index (χ4v) is 2.11. The Labute approximate surface area is 99.3 Å². The van der Waals surface area contributed by atoms with Crippen molar-refractivity contribution in [2.24, 2.45) is 5.92 Å². The number of nitrogens with one attached hydrogen (secondary N) is 1. The van der Waals surface area contributed by atoms with Gasteiger partial charge in [-0.05, 0) is 24.4 Å². The van der Waals surface area contributed by atoms with Gasteiger partial charge in [0.05, 0.1) is 0 Å². The average Bonchev–Trinajstić information content (AvgIpc) is 3.10. The Balaban J connectivity index is 1.77. The lowest BCUT2D eigenvalue weighted by atomic mass is 9.84. The first kappa shape index (κ1) is 11.7. The van der Waals surface area contributed by atoms with Crippen molar-refractivity contribution in [3.63, 3.8) is 0 Å². The molecule has 2 rings (SSSR count). The predicted molar refractivity (Wildman–Crippen MR) is 69.7 cm³/mol. The molecule has 16 heavy (non-hydrogen) atoms. The molecule has 1 aromatic rings. The molecule has 0 atom stereocenters. The fraction of sp³-hybridized carbons (Fsp3) is 0.600. The molecule has 1 N–H and O–H groups in total. The van der Waals surface area contributed by atoms with E-state index < -0.39 is 0 Å². The van der Waals surface area contributed by atoms with Crippen molar-refractivity contribution in [1.82, 2.24) is 5.32 Å². The molecule has 1 nitrogen and oxygen atoms in total. The molecule has 0 spiro atoms. The third kappa shape index (κ3) is 3.34. The number of hydrogen-bond acceptors (Lipinski definition) is 1. The second-order valence-corrected chi connectivity index (χ2v) is 5.66. The molecule has 1 fully saturated rings. The standard InChI is InChI=1S/C15H23N/c1-15(2,14-6-4-3-5-7-14)12-16-11-10-13-8-9-13/h3-7,13,16H,8-12H2,1-2H3. The second kappa shape index (κ2) is 5.01. The molecule has 0 aliphatic heterocycles. The lowest BCUT2D eigenvalue weighted by Crippen LogP contribution is -2.33. The monoisotopic (exact) mass is 217 g/mol. The number of benzene rings is 1. The minimum absolute atomic E-state index is 0.241. The molecule has 1 aromatic carbocycles. The molecular formula is C15H23N. The third-order valence-corrected chi connectivity index (χ3v) is 3.55. The van der Waals surface area contributed by atoms with E-state index in [-0.39, 0.29) is 5.41 Å². The van der Waals surface area contributed by atoms with E-state index in [0.717, 1.165) is 12.5 Å². The zero-order valence-corrected chi connectivity index (χ0v) is 10.5. The molecule has 0 bridgehead atoms. The molecule has 0 saturated heterocycles. The Bertz CT molecular complexity index is 311. The maximum atomic E-state index is 3.60. The SMILES string of the molecule is CC(C)(CNCCC1CC1)c1ccccc1. The minimum Gasteiger partial charge on any atom is -0.316 e. The van der Waals surface area contributed by atoms with Gasteiger partial charge in [-0.2, -0.15) is 0 Å². The largest absolute Gasteiger partial charge is 0.316 e. The molecule has 0 radical (unpaired) electrons. The van der Waals surface area contributed by atoms with Crippen LogP contribution in [0.2, 0.25) is 0 Å². The van der Waals surface area contributed by atoms with E-state index >= 15 is 0 Å². The van der Waals surface area contributed by atoms with E-state index in [1.165, 1.54) is 31.4 Å². The second-order valence-electron chi connectivity index (χ2n) is 5.66. The van der Waals surface area contributed by atoms with Gasteiger partial charge >= 0.3 is 0 Å². The molecule has 1 aliphatic rings. The molecular weight excluding hydrogens is 194 g/mol. The summed E-state index contributed by atoms with van der Waals surface area (Å²) in [5, 5.41) is 3.60. The van der Waals surface area contributed by atoms with Crippen molar-refractivity contribution in [3.05, 3.63) is 35.9 Å². The van der Waals surface area contributed by atoms with Crippen LogP contribution >= 0.6 is 0 Å². The first-order valence-electron chi connectivity index (χ1n) is 6.45. The lowest BCUT2D eigenvalue weighted by Gasteiger charge is -2.25. The van der Waals surface area contributed by atoms with Crippen LogP contribution in [0, 0.1) is 5.92 Å². The summed E-state index contributed by atoms with van der Waals surface area (Å²) < 4.78 is 0. The molecule has 88 valence electrons. The molecule has 1 saturated carbocycles. The Kier molecular flexibility index (Phi) is 3.65. The van der Waals surface area contributed by atoms with E-state index in [4.69, 9.17) is 0 Å². The first-order valence-corrected chi connectivity index (χ1v) is 6.45. The van der Waals surface area contributed by atoms with Gasteiger partial charge in [-0.3, -0.25) is 0 Å². The van der Waals surface area contributed by atoms with Crippen molar-refractivity contribution in [1.29, 1.82) is 0 Å². The normalized spacial score (nSPS) is 16.4. The molecule has 0 heterocycles. The number of rotatable bonds is 6. The Morgan fingerprint density at radius 1 is 1.19 bits per heavy atom. The van der Waals surface area contributed by atoms with Gasteiger partial charge in [0.1, 0.15) is 0 Å². The highest BCUT2D eigenvalue weighted by atomic mass is 14.9. The summed E-state index contributed by atoms with van der Waals surface area (Å²) >= 11 is 0. The smallest absolute Gasteiger partial charge is 0.00431 e. The maximum absolute atomic E-state index is 3.60.